The third-order valence-corrected chi connectivity index (χ3v) is 7.54. The smallest absolute Gasteiger partial charge is 0.409 e. The van der Waals surface area contributed by atoms with Crippen LogP contribution < -0.4 is 19.7 Å². The van der Waals surface area contributed by atoms with Gasteiger partial charge in [0.1, 0.15) is 0 Å². The summed E-state index contributed by atoms with van der Waals surface area (Å²) in [6, 6.07) is 10.9. The molecule has 1 N–H and O–H groups in total. The van der Waals surface area contributed by atoms with E-state index in [1.165, 1.54) is 11.8 Å². The first kappa shape index (κ1) is 27.4. The van der Waals surface area contributed by atoms with Gasteiger partial charge in [0.2, 0.25) is 0 Å². The SMILES string of the molecule is CCOC(=O)N1CCC(NC(=O)c2ccc3c(c2)N(C)C(=O)/C(=C\c2ccc(OCC)c(OC)c2)S3)CC1. The molecule has 0 aliphatic carbocycles. The van der Waals surface area contributed by atoms with Crippen molar-refractivity contribution in [1.82, 2.24) is 10.2 Å². The largest absolute Gasteiger partial charge is 0.493 e. The maximum absolute atomic E-state index is 13.2. The Morgan fingerprint density at radius 2 is 1.84 bits per heavy atom. The van der Waals surface area contributed by atoms with Crippen LogP contribution in [0.4, 0.5) is 10.5 Å². The number of likely N-dealkylation sites (tertiary alicyclic amines) is 1. The summed E-state index contributed by atoms with van der Waals surface area (Å²) in [6.45, 7) is 5.64. The standard InChI is InChI=1S/C28H33N3O6S/c1-5-36-22-9-7-18(15-23(22)35-4)16-25-27(33)30(3)21-17-19(8-10-24(21)38-25)26(32)29-20-11-13-31(14-12-20)28(34)37-6-2/h7-10,15-17,20H,5-6,11-14H2,1-4H3,(H,29,32)/b25-16+. The van der Waals surface area contributed by atoms with Gasteiger partial charge in [0.15, 0.2) is 11.5 Å². The molecule has 2 aliphatic heterocycles. The van der Waals surface area contributed by atoms with Crippen LogP contribution >= 0.6 is 11.8 Å². The summed E-state index contributed by atoms with van der Waals surface area (Å²) in [5.41, 5.74) is 2.00. The molecule has 0 bridgehead atoms. The number of nitrogens with zero attached hydrogens (tertiary/aromatic N) is 2. The number of thioether (sulfide) groups is 1. The van der Waals surface area contributed by atoms with E-state index in [1.54, 1.807) is 43.0 Å². The van der Waals surface area contributed by atoms with Crippen LogP contribution in [0, 0.1) is 0 Å². The monoisotopic (exact) mass is 539 g/mol. The second-order valence-corrected chi connectivity index (χ2v) is 10.0. The average Bonchev–Trinajstić information content (AvgIpc) is 2.92. The van der Waals surface area contributed by atoms with Crippen LogP contribution in [0.25, 0.3) is 6.08 Å². The van der Waals surface area contributed by atoms with Gasteiger partial charge in [-0.25, -0.2) is 4.79 Å². The molecule has 3 amide bonds. The minimum Gasteiger partial charge on any atom is -0.493 e. The van der Waals surface area contributed by atoms with E-state index >= 15 is 0 Å². The molecule has 0 saturated carbocycles. The molecule has 202 valence electrons. The van der Waals surface area contributed by atoms with E-state index in [9.17, 15) is 14.4 Å². The number of fused-ring (bicyclic) bond motifs is 1. The van der Waals surface area contributed by atoms with Crippen LogP contribution in [-0.4, -0.2) is 69.3 Å². The van der Waals surface area contributed by atoms with Crippen molar-refractivity contribution in [2.24, 2.45) is 0 Å². The lowest BCUT2D eigenvalue weighted by Crippen LogP contribution is -2.46. The Morgan fingerprint density at radius 1 is 1.08 bits per heavy atom. The molecule has 0 radical (unpaired) electrons. The summed E-state index contributed by atoms with van der Waals surface area (Å²) in [6.07, 6.45) is 2.84. The molecule has 4 rings (SSSR count). The van der Waals surface area contributed by atoms with Gasteiger partial charge in [-0.1, -0.05) is 17.8 Å². The second kappa shape index (κ2) is 12.3. The van der Waals surface area contributed by atoms with Gasteiger partial charge in [-0.2, -0.15) is 0 Å². The molecule has 2 aromatic carbocycles. The van der Waals surface area contributed by atoms with Crippen molar-refractivity contribution in [2.75, 3.05) is 45.4 Å². The van der Waals surface area contributed by atoms with E-state index in [-0.39, 0.29) is 23.9 Å². The van der Waals surface area contributed by atoms with Crippen LogP contribution in [0.1, 0.15) is 42.6 Å². The third-order valence-electron chi connectivity index (χ3n) is 6.46. The van der Waals surface area contributed by atoms with E-state index in [4.69, 9.17) is 14.2 Å². The quantitative estimate of drug-likeness (QED) is 0.516. The number of nitrogens with one attached hydrogen (secondary N) is 1. The number of ether oxygens (including phenoxy) is 3. The number of hydrogen-bond donors (Lipinski definition) is 1. The van der Waals surface area contributed by atoms with Crippen LogP contribution in [0.5, 0.6) is 11.5 Å². The molecule has 1 fully saturated rings. The molecule has 0 spiro atoms. The number of methoxy groups -OCH3 is 1. The van der Waals surface area contributed by atoms with Crippen LogP contribution in [0.2, 0.25) is 0 Å². The number of piperidine rings is 1. The Kier molecular flexibility index (Phi) is 8.83. The normalized spacial score (nSPS) is 16.7. The molecular formula is C28H33N3O6S. The molecule has 0 aromatic heterocycles. The average molecular weight is 540 g/mol. The Hall–Kier alpha value is -3.66. The number of anilines is 1. The molecule has 10 heteroatoms. The van der Waals surface area contributed by atoms with Gasteiger partial charge in [-0.3, -0.25) is 9.59 Å². The van der Waals surface area contributed by atoms with E-state index in [0.29, 0.717) is 66.8 Å². The van der Waals surface area contributed by atoms with E-state index in [2.05, 4.69) is 5.32 Å². The maximum Gasteiger partial charge on any atom is 0.409 e. The molecule has 0 atom stereocenters. The Labute approximate surface area is 227 Å². The molecule has 2 heterocycles. The first-order valence-corrected chi connectivity index (χ1v) is 13.5. The van der Waals surface area contributed by atoms with Gasteiger partial charge >= 0.3 is 6.09 Å². The van der Waals surface area contributed by atoms with Gasteiger partial charge in [0, 0.05) is 36.6 Å². The molecule has 9 nitrogen and oxygen atoms in total. The summed E-state index contributed by atoms with van der Waals surface area (Å²) >= 11 is 1.37. The third kappa shape index (κ3) is 6.07. The first-order chi connectivity index (χ1) is 18.3. The highest BCUT2D eigenvalue weighted by Crippen LogP contribution is 2.42. The summed E-state index contributed by atoms with van der Waals surface area (Å²) in [7, 11) is 3.29. The Balaban J connectivity index is 1.45. The summed E-state index contributed by atoms with van der Waals surface area (Å²) in [5, 5.41) is 3.06. The zero-order chi connectivity index (χ0) is 27.2. The van der Waals surface area contributed by atoms with Gasteiger partial charge in [0.05, 0.1) is 30.9 Å². The summed E-state index contributed by atoms with van der Waals surface area (Å²) in [4.78, 5) is 42.8. The number of carbonyl (C=O) groups excluding carboxylic acids is 3. The number of hydrogen-bond acceptors (Lipinski definition) is 7. The lowest BCUT2D eigenvalue weighted by molar-refractivity contribution is -0.114. The van der Waals surface area contributed by atoms with Gasteiger partial charge < -0.3 is 29.3 Å². The molecule has 1 saturated heterocycles. The van der Waals surface area contributed by atoms with Crippen molar-refractivity contribution in [2.45, 2.75) is 37.6 Å². The van der Waals surface area contributed by atoms with Crippen LogP contribution in [0.3, 0.4) is 0 Å². The van der Waals surface area contributed by atoms with Crippen molar-refractivity contribution in [3.63, 3.8) is 0 Å². The minimum absolute atomic E-state index is 0.0291. The molecule has 0 unspecified atom stereocenters. The van der Waals surface area contributed by atoms with Crippen LogP contribution in [0.15, 0.2) is 46.2 Å². The lowest BCUT2D eigenvalue weighted by Gasteiger charge is -2.32. The Morgan fingerprint density at radius 3 is 2.53 bits per heavy atom. The van der Waals surface area contributed by atoms with Gasteiger partial charge in [-0.15, -0.1) is 0 Å². The molecule has 2 aliphatic rings. The van der Waals surface area contributed by atoms with Crippen LogP contribution in [-0.2, 0) is 9.53 Å². The number of likely N-dealkylation sites (N-methyl/N-ethyl adjacent to an activating group) is 1. The fourth-order valence-corrected chi connectivity index (χ4v) is 5.52. The first-order valence-electron chi connectivity index (χ1n) is 12.7. The highest BCUT2D eigenvalue weighted by atomic mass is 32.2. The number of amides is 3. The Bertz CT molecular complexity index is 1240. The lowest BCUT2D eigenvalue weighted by atomic mass is 10.0. The number of rotatable bonds is 7. The van der Waals surface area contributed by atoms with E-state index in [1.807, 2.05) is 37.3 Å². The fourth-order valence-electron chi connectivity index (χ4n) is 4.43. The van der Waals surface area contributed by atoms with Gasteiger partial charge in [0.25, 0.3) is 11.8 Å². The topological polar surface area (TPSA) is 97.4 Å². The predicted molar refractivity (Wildman–Crippen MR) is 147 cm³/mol. The number of benzene rings is 2. The zero-order valence-electron chi connectivity index (χ0n) is 22.1. The highest BCUT2D eigenvalue weighted by Gasteiger charge is 2.29. The molecular weight excluding hydrogens is 506 g/mol. The summed E-state index contributed by atoms with van der Waals surface area (Å²) < 4.78 is 16.1. The van der Waals surface area contributed by atoms with Crippen molar-refractivity contribution in [3.8, 4) is 11.5 Å². The van der Waals surface area contributed by atoms with E-state index < -0.39 is 0 Å². The summed E-state index contributed by atoms with van der Waals surface area (Å²) in [5.74, 6) is 0.901. The number of carbonyl (C=O) groups is 3. The van der Waals surface area contributed by atoms with Gasteiger partial charge in [-0.05, 0) is 68.7 Å². The van der Waals surface area contributed by atoms with E-state index in [0.717, 1.165) is 10.5 Å². The minimum atomic E-state index is -0.313. The van der Waals surface area contributed by atoms with Crippen molar-refractivity contribution in [1.29, 1.82) is 0 Å². The van der Waals surface area contributed by atoms with Crippen molar-refractivity contribution >= 4 is 41.4 Å². The maximum atomic E-state index is 13.2. The second-order valence-electron chi connectivity index (χ2n) is 8.93. The fraction of sp³-hybridized carbons (Fsp3) is 0.393. The van der Waals surface area contributed by atoms with Crippen molar-refractivity contribution in [3.05, 3.63) is 52.4 Å². The molecule has 2 aromatic rings. The molecule has 38 heavy (non-hydrogen) atoms. The zero-order valence-corrected chi connectivity index (χ0v) is 22.9. The van der Waals surface area contributed by atoms with Crippen molar-refractivity contribution < 1.29 is 28.6 Å². The predicted octanol–water partition coefficient (Wildman–Crippen LogP) is 4.55. The highest BCUT2D eigenvalue weighted by molar-refractivity contribution is 8.04.